The van der Waals surface area contributed by atoms with Gasteiger partial charge in [0.25, 0.3) is 5.91 Å². The number of fused-ring (bicyclic) bond motifs is 3. The number of hydrogen-bond acceptors (Lipinski definition) is 3. The molecule has 4 rings (SSSR count). The summed E-state index contributed by atoms with van der Waals surface area (Å²) < 4.78 is 0. The average Bonchev–Trinajstić information content (AvgIpc) is 2.99. The second-order valence-electron chi connectivity index (χ2n) is 9.43. The van der Waals surface area contributed by atoms with Gasteiger partial charge in [-0.25, -0.2) is 0 Å². The van der Waals surface area contributed by atoms with Crippen molar-refractivity contribution in [3.05, 3.63) is 35.0 Å². The van der Waals surface area contributed by atoms with E-state index in [9.17, 15) is 9.59 Å². The highest BCUT2D eigenvalue weighted by Gasteiger charge is 2.45. The van der Waals surface area contributed by atoms with Crippen LogP contribution in [-0.2, 0) is 5.41 Å². The second kappa shape index (κ2) is 6.20. The number of amides is 1. The predicted molar refractivity (Wildman–Crippen MR) is 107 cm³/mol. The SMILES string of the molecule is CC1(C)CC(C)(C)c2c([nH]c3ccc(C(=O)N[C@@H]4CCCNC4)cc23)C1=O. The molecule has 144 valence electrons. The van der Waals surface area contributed by atoms with E-state index < -0.39 is 0 Å². The molecule has 1 atom stereocenters. The van der Waals surface area contributed by atoms with Crippen molar-refractivity contribution in [2.45, 2.75) is 58.4 Å². The van der Waals surface area contributed by atoms with Crippen molar-refractivity contribution < 1.29 is 9.59 Å². The van der Waals surface area contributed by atoms with Crippen molar-refractivity contribution in [3.8, 4) is 0 Å². The Hall–Kier alpha value is -2.14. The minimum Gasteiger partial charge on any atom is -0.352 e. The molecule has 1 fully saturated rings. The molecular formula is C22H29N3O2. The van der Waals surface area contributed by atoms with Crippen LogP contribution < -0.4 is 10.6 Å². The number of carbonyl (C=O) groups excluding carboxylic acids is 2. The van der Waals surface area contributed by atoms with Crippen LogP contribution in [0.5, 0.6) is 0 Å². The van der Waals surface area contributed by atoms with Gasteiger partial charge in [-0.2, -0.15) is 0 Å². The highest BCUT2D eigenvalue weighted by Crippen LogP contribution is 2.48. The quantitative estimate of drug-likeness (QED) is 0.760. The summed E-state index contributed by atoms with van der Waals surface area (Å²) in [6.07, 6.45) is 2.89. The fraction of sp³-hybridized carbons (Fsp3) is 0.545. The van der Waals surface area contributed by atoms with Gasteiger partial charge < -0.3 is 15.6 Å². The summed E-state index contributed by atoms with van der Waals surface area (Å²) in [7, 11) is 0. The van der Waals surface area contributed by atoms with Crippen LogP contribution in [0, 0.1) is 5.41 Å². The fourth-order valence-corrected chi connectivity index (χ4v) is 5.06. The van der Waals surface area contributed by atoms with E-state index in [0.717, 1.165) is 48.8 Å². The largest absolute Gasteiger partial charge is 0.352 e. The number of carbonyl (C=O) groups is 2. The van der Waals surface area contributed by atoms with E-state index >= 15 is 0 Å². The summed E-state index contributed by atoms with van der Waals surface area (Å²) in [6.45, 7) is 10.3. The fourth-order valence-electron chi connectivity index (χ4n) is 5.06. The van der Waals surface area contributed by atoms with Gasteiger partial charge >= 0.3 is 0 Å². The van der Waals surface area contributed by atoms with Crippen molar-refractivity contribution >= 4 is 22.6 Å². The molecule has 0 radical (unpaired) electrons. The third kappa shape index (κ3) is 3.08. The van der Waals surface area contributed by atoms with Crippen molar-refractivity contribution in [2.75, 3.05) is 13.1 Å². The zero-order valence-corrected chi connectivity index (χ0v) is 16.7. The zero-order chi connectivity index (χ0) is 19.4. The molecule has 3 N–H and O–H groups in total. The number of hydrogen-bond donors (Lipinski definition) is 3. The number of benzene rings is 1. The van der Waals surface area contributed by atoms with Crippen LogP contribution >= 0.6 is 0 Å². The lowest BCUT2D eigenvalue weighted by atomic mass is 9.63. The monoisotopic (exact) mass is 367 g/mol. The van der Waals surface area contributed by atoms with E-state index in [1.54, 1.807) is 0 Å². The molecule has 2 heterocycles. The van der Waals surface area contributed by atoms with E-state index in [-0.39, 0.29) is 28.6 Å². The molecule has 0 saturated carbocycles. The van der Waals surface area contributed by atoms with E-state index in [1.165, 1.54) is 0 Å². The third-order valence-corrected chi connectivity index (χ3v) is 6.10. The molecule has 1 aliphatic heterocycles. The maximum absolute atomic E-state index is 13.0. The Morgan fingerprint density at radius 2 is 1.96 bits per heavy atom. The predicted octanol–water partition coefficient (Wildman–Crippen LogP) is 3.54. The summed E-state index contributed by atoms with van der Waals surface area (Å²) in [5, 5.41) is 7.45. The lowest BCUT2D eigenvalue weighted by molar-refractivity contribution is 0.0759. The van der Waals surface area contributed by atoms with Gasteiger partial charge in [-0.15, -0.1) is 0 Å². The molecule has 1 aromatic heterocycles. The number of aromatic nitrogens is 1. The van der Waals surface area contributed by atoms with E-state index in [1.807, 2.05) is 32.0 Å². The summed E-state index contributed by atoms with van der Waals surface area (Å²) >= 11 is 0. The highest BCUT2D eigenvalue weighted by molar-refractivity contribution is 6.08. The first-order valence-corrected chi connectivity index (χ1v) is 9.92. The number of piperidine rings is 1. The molecule has 0 spiro atoms. The van der Waals surface area contributed by atoms with Gasteiger partial charge in [0.15, 0.2) is 5.78 Å². The molecule has 1 saturated heterocycles. The van der Waals surface area contributed by atoms with E-state index in [2.05, 4.69) is 29.5 Å². The van der Waals surface area contributed by atoms with Gasteiger partial charge in [0, 0.05) is 34.5 Å². The number of nitrogens with one attached hydrogen (secondary N) is 3. The van der Waals surface area contributed by atoms with Crippen molar-refractivity contribution in [1.82, 2.24) is 15.6 Å². The minimum atomic E-state index is -0.383. The molecule has 1 amide bonds. The number of ketones is 1. The molecule has 2 aromatic rings. The first kappa shape index (κ1) is 18.2. The normalized spacial score (nSPS) is 23.9. The Kier molecular flexibility index (Phi) is 4.18. The van der Waals surface area contributed by atoms with Crippen LogP contribution in [0.1, 0.15) is 73.4 Å². The van der Waals surface area contributed by atoms with Crippen LogP contribution in [0.25, 0.3) is 10.9 Å². The second-order valence-corrected chi connectivity index (χ2v) is 9.43. The smallest absolute Gasteiger partial charge is 0.251 e. The Balaban J connectivity index is 1.73. The van der Waals surface area contributed by atoms with Crippen LogP contribution in [0.3, 0.4) is 0 Å². The van der Waals surface area contributed by atoms with E-state index in [0.29, 0.717) is 11.3 Å². The summed E-state index contributed by atoms with van der Waals surface area (Å²) in [4.78, 5) is 29.1. The summed E-state index contributed by atoms with van der Waals surface area (Å²) in [5.74, 6) is 0.119. The van der Waals surface area contributed by atoms with Gasteiger partial charge in [-0.05, 0) is 55.0 Å². The van der Waals surface area contributed by atoms with E-state index in [4.69, 9.17) is 0 Å². The van der Waals surface area contributed by atoms with Gasteiger partial charge in [-0.1, -0.05) is 27.7 Å². The third-order valence-electron chi connectivity index (χ3n) is 6.10. The summed E-state index contributed by atoms with van der Waals surface area (Å²) in [6, 6.07) is 5.90. The minimum absolute atomic E-state index is 0.0409. The van der Waals surface area contributed by atoms with Crippen molar-refractivity contribution in [3.63, 3.8) is 0 Å². The van der Waals surface area contributed by atoms with Crippen LogP contribution in [0.2, 0.25) is 0 Å². The molecular weight excluding hydrogens is 338 g/mol. The van der Waals surface area contributed by atoms with Crippen molar-refractivity contribution in [2.24, 2.45) is 5.41 Å². The lowest BCUT2D eigenvalue weighted by Crippen LogP contribution is -2.45. The van der Waals surface area contributed by atoms with Gasteiger partial charge in [0.1, 0.15) is 0 Å². The molecule has 27 heavy (non-hydrogen) atoms. The standard InChI is InChI=1S/C22H29N3O2/c1-21(2)12-22(3,4)19(26)18-17(21)15-10-13(7-8-16(15)25-18)20(27)24-14-6-5-9-23-11-14/h7-8,10,14,23,25H,5-6,9,11-12H2,1-4H3,(H,24,27)/t14-/m1/s1. The first-order chi connectivity index (χ1) is 12.7. The maximum Gasteiger partial charge on any atom is 0.251 e. The van der Waals surface area contributed by atoms with Gasteiger partial charge in [0.05, 0.1) is 5.69 Å². The molecule has 5 heteroatoms. The highest BCUT2D eigenvalue weighted by atomic mass is 16.1. The van der Waals surface area contributed by atoms with Crippen molar-refractivity contribution in [1.29, 1.82) is 0 Å². The number of H-pyrrole nitrogens is 1. The molecule has 0 unspecified atom stereocenters. The Morgan fingerprint density at radius 1 is 1.19 bits per heavy atom. The lowest BCUT2D eigenvalue weighted by Gasteiger charge is -2.39. The number of aromatic amines is 1. The van der Waals surface area contributed by atoms with Crippen LogP contribution in [0.15, 0.2) is 18.2 Å². The Morgan fingerprint density at radius 3 is 2.67 bits per heavy atom. The maximum atomic E-state index is 13.0. The number of Topliss-reactive ketones (excluding diaryl/α,β-unsaturated/α-hetero) is 1. The Bertz CT molecular complexity index is 917. The first-order valence-electron chi connectivity index (χ1n) is 9.92. The molecule has 1 aromatic carbocycles. The topological polar surface area (TPSA) is 74.0 Å². The zero-order valence-electron chi connectivity index (χ0n) is 16.7. The number of rotatable bonds is 2. The molecule has 1 aliphatic carbocycles. The van der Waals surface area contributed by atoms with Gasteiger partial charge in [-0.3, -0.25) is 9.59 Å². The average molecular weight is 367 g/mol. The van der Waals surface area contributed by atoms with Crippen LogP contribution in [-0.4, -0.2) is 35.8 Å². The van der Waals surface area contributed by atoms with Crippen LogP contribution in [0.4, 0.5) is 0 Å². The Labute approximate surface area is 160 Å². The summed E-state index contributed by atoms with van der Waals surface area (Å²) in [5.41, 5.74) is 2.83. The molecule has 5 nitrogen and oxygen atoms in total. The molecule has 0 bridgehead atoms. The van der Waals surface area contributed by atoms with Gasteiger partial charge in [0.2, 0.25) is 0 Å². The molecule has 2 aliphatic rings.